The molecule has 0 bridgehead atoms. The standard InChI is InChI=1S/C26H23N7O10S/c1-14(43-26(36)42-13-16-5-9-18(10-6-16)33(39)40)21-19-11-20(44-25-27-28-29-30(25)2)22(31(19)23(21)34)24(35)41-12-15-3-7-17(8-4-15)32(37)38/h3-10,14,19,21H,11-13H2,1-2H3/t14-,19+,21?/m1/s1. The Balaban J connectivity index is 1.24. The van der Waals surface area contributed by atoms with E-state index >= 15 is 0 Å². The number of nitro benzene ring substituents is 2. The SMILES string of the molecule is C[C@@H](OC(=O)OCc1ccc([N+](=O)[O-])cc1)C1C(=O)N2C(C(=O)OCc3ccc([N+](=O)[O-])cc3)=C(Sc3nnnn3C)C[C@@H]12. The summed E-state index contributed by atoms with van der Waals surface area (Å²) in [5, 5.41) is 33.4. The molecule has 0 spiro atoms. The molecule has 1 fully saturated rings. The van der Waals surface area contributed by atoms with Gasteiger partial charge in [-0.05, 0) is 52.7 Å². The molecule has 0 aliphatic carbocycles. The molecule has 3 aromatic rings. The number of benzene rings is 2. The molecule has 5 rings (SSSR count). The molecule has 0 radical (unpaired) electrons. The van der Waals surface area contributed by atoms with Crippen molar-refractivity contribution in [2.75, 3.05) is 0 Å². The van der Waals surface area contributed by atoms with E-state index in [9.17, 15) is 34.6 Å². The Hall–Kier alpha value is -5.39. The molecule has 0 saturated carbocycles. The van der Waals surface area contributed by atoms with E-state index in [1.807, 2.05) is 0 Å². The number of tetrazole rings is 1. The van der Waals surface area contributed by atoms with Gasteiger partial charge in [-0.2, -0.15) is 0 Å². The number of fused-ring (bicyclic) bond motifs is 1. The normalized spacial score (nSPS) is 17.9. The van der Waals surface area contributed by atoms with Crippen molar-refractivity contribution in [3.05, 3.63) is 90.5 Å². The van der Waals surface area contributed by atoms with Crippen LogP contribution in [0, 0.1) is 26.1 Å². The van der Waals surface area contributed by atoms with E-state index in [1.165, 1.54) is 65.0 Å². The van der Waals surface area contributed by atoms with E-state index in [-0.39, 0.29) is 36.7 Å². The summed E-state index contributed by atoms with van der Waals surface area (Å²) in [6.07, 6.45) is -1.71. The molecule has 18 heteroatoms. The number of thioether (sulfide) groups is 1. The van der Waals surface area contributed by atoms with Crippen LogP contribution in [0.2, 0.25) is 0 Å². The fourth-order valence-electron chi connectivity index (χ4n) is 4.76. The third-order valence-corrected chi connectivity index (χ3v) is 8.10. The molecular weight excluding hydrogens is 602 g/mol. The smallest absolute Gasteiger partial charge is 0.456 e. The Morgan fingerprint density at radius 3 is 2.09 bits per heavy atom. The second kappa shape index (κ2) is 12.5. The number of carbonyl (C=O) groups is 3. The molecule has 44 heavy (non-hydrogen) atoms. The zero-order chi connectivity index (χ0) is 31.5. The van der Waals surface area contributed by atoms with Crippen molar-refractivity contribution in [2.45, 2.75) is 43.9 Å². The Bertz CT molecular complexity index is 1660. The predicted octanol–water partition coefficient (Wildman–Crippen LogP) is 3.05. The molecule has 228 valence electrons. The minimum absolute atomic E-state index is 0.0131. The van der Waals surface area contributed by atoms with Crippen molar-refractivity contribution in [3.8, 4) is 0 Å². The molecular formula is C26H23N7O10S. The third-order valence-electron chi connectivity index (χ3n) is 6.97. The molecule has 2 aromatic carbocycles. The number of nitro groups is 2. The molecule has 3 atom stereocenters. The predicted molar refractivity (Wildman–Crippen MR) is 147 cm³/mol. The van der Waals surface area contributed by atoms with Gasteiger partial charge in [-0.25, -0.2) is 14.3 Å². The van der Waals surface area contributed by atoms with Crippen LogP contribution in [-0.2, 0) is 44.1 Å². The van der Waals surface area contributed by atoms with Gasteiger partial charge in [-0.1, -0.05) is 11.8 Å². The Morgan fingerprint density at radius 1 is 1.00 bits per heavy atom. The monoisotopic (exact) mass is 625 g/mol. The lowest BCUT2D eigenvalue weighted by molar-refractivity contribution is -0.385. The van der Waals surface area contributed by atoms with Crippen molar-refractivity contribution in [3.63, 3.8) is 0 Å². The number of nitrogens with zero attached hydrogens (tertiary/aromatic N) is 7. The maximum Gasteiger partial charge on any atom is 0.508 e. The van der Waals surface area contributed by atoms with Gasteiger partial charge in [0.15, 0.2) is 0 Å². The van der Waals surface area contributed by atoms with Crippen LogP contribution in [0.25, 0.3) is 0 Å². The van der Waals surface area contributed by atoms with Gasteiger partial charge in [-0.3, -0.25) is 25.0 Å². The van der Waals surface area contributed by atoms with Gasteiger partial charge in [0.05, 0.1) is 21.8 Å². The topological polar surface area (TPSA) is 212 Å². The number of rotatable bonds is 11. The van der Waals surface area contributed by atoms with Crippen LogP contribution >= 0.6 is 11.8 Å². The van der Waals surface area contributed by atoms with Crippen molar-refractivity contribution < 1.29 is 38.4 Å². The lowest BCUT2D eigenvalue weighted by Gasteiger charge is -2.45. The lowest BCUT2D eigenvalue weighted by atomic mass is 9.83. The molecule has 1 aromatic heterocycles. The number of carbonyl (C=O) groups excluding carboxylic acids is 3. The van der Waals surface area contributed by atoms with Crippen molar-refractivity contribution in [1.82, 2.24) is 25.1 Å². The van der Waals surface area contributed by atoms with E-state index in [1.54, 1.807) is 7.05 Å². The molecule has 17 nitrogen and oxygen atoms in total. The average molecular weight is 626 g/mol. The second-order valence-electron chi connectivity index (χ2n) is 9.75. The number of aryl methyl sites for hydroxylation is 1. The number of amides is 1. The van der Waals surface area contributed by atoms with E-state index < -0.39 is 45.9 Å². The molecule has 2 aliphatic rings. The van der Waals surface area contributed by atoms with Gasteiger partial charge >= 0.3 is 12.1 Å². The lowest BCUT2D eigenvalue weighted by Crippen LogP contribution is -2.62. The van der Waals surface area contributed by atoms with E-state index in [0.29, 0.717) is 21.2 Å². The van der Waals surface area contributed by atoms with E-state index in [2.05, 4.69) is 15.5 Å². The second-order valence-corrected chi connectivity index (χ2v) is 10.8. The first-order chi connectivity index (χ1) is 21.0. The fourth-order valence-corrected chi connectivity index (χ4v) is 5.76. The zero-order valence-corrected chi connectivity index (χ0v) is 23.9. The quantitative estimate of drug-likeness (QED) is 0.130. The average Bonchev–Trinajstić information content (AvgIpc) is 3.55. The van der Waals surface area contributed by atoms with E-state index in [4.69, 9.17) is 14.2 Å². The minimum Gasteiger partial charge on any atom is -0.456 e. The van der Waals surface area contributed by atoms with E-state index in [0.717, 1.165) is 11.8 Å². The number of ether oxygens (including phenoxy) is 3. The number of esters is 1. The van der Waals surface area contributed by atoms with Crippen molar-refractivity contribution in [1.29, 1.82) is 0 Å². The fraction of sp³-hybridized carbons (Fsp3) is 0.308. The summed E-state index contributed by atoms with van der Waals surface area (Å²) in [4.78, 5) is 61.4. The number of hydrogen-bond donors (Lipinski definition) is 0. The number of hydrogen-bond acceptors (Lipinski definition) is 14. The van der Waals surface area contributed by atoms with Crippen molar-refractivity contribution >= 4 is 41.2 Å². The maximum absolute atomic E-state index is 13.3. The molecule has 1 unspecified atom stereocenters. The molecule has 1 amide bonds. The number of aromatic nitrogens is 4. The highest BCUT2D eigenvalue weighted by Crippen LogP contribution is 2.49. The summed E-state index contributed by atoms with van der Waals surface area (Å²) in [6, 6.07) is 10.4. The summed E-state index contributed by atoms with van der Waals surface area (Å²) in [7, 11) is 1.62. The molecule has 3 heterocycles. The Labute approximate surface area is 252 Å². The van der Waals surface area contributed by atoms with Crippen LogP contribution in [0.5, 0.6) is 0 Å². The molecule has 2 aliphatic heterocycles. The highest BCUT2D eigenvalue weighted by molar-refractivity contribution is 8.03. The van der Waals surface area contributed by atoms with Crippen LogP contribution in [0.4, 0.5) is 16.2 Å². The highest BCUT2D eigenvalue weighted by Gasteiger charge is 2.58. The summed E-state index contributed by atoms with van der Waals surface area (Å²) in [5.41, 5.74) is 0.807. The molecule has 1 saturated heterocycles. The van der Waals surface area contributed by atoms with Crippen LogP contribution < -0.4 is 0 Å². The first-order valence-electron chi connectivity index (χ1n) is 13.0. The van der Waals surface area contributed by atoms with Crippen molar-refractivity contribution in [2.24, 2.45) is 13.0 Å². The number of non-ortho nitro benzene ring substituents is 2. The third kappa shape index (κ3) is 6.19. The van der Waals surface area contributed by atoms with Gasteiger partial charge in [0, 0.05) is 42.6 Å². The summed E-state index contributed by atoms with van der Waals surface area (Å²) >= 11 is 1.10. The van der Waals surface area contributed by atoms with Crippen LogP contribution in [0.3, 0.4) is 0 Å². The van der Waals surface area contributed by atoms with Gasteiger partial charge < -0.3 is 19.1 Å². The Morgan fingerprint density at radius 2 is 1.57 bits per heavy atom. The first kappa shape index (κ1) is 30.1. The highest BCUT2D eigenvalue weighted by atomic mass is 32.2. The van der Waals surface area contributed by atoms with Crippen LogP contribution in [0.1, 0.15) is 24.5 Å². The molecule has 0 N–H and O–H groups in total. The largest absolute Gasteiger partial charge is 0.508 e. The van der Waals surface area contributed by atoms with Gasteiger partial charge in [0.2, 0.25) is 11.1 Å². The number of β-lactam (4-membered cyclic amide) rings is 1. The van der Waals surface area contributed by atoms with Crippen LogP contribution in [0.15, 0.2) is 64.3 Å². The van der Waals surface area contributed by atoms with Gasteiger partial charge in [0.25, 0.3) is 11.4 Å². The maximum atomic E-state index is 13.3. The summed E-state index contributed by atoms with van der Waals surface area (Å²) in [5.74, 6) is -2.03. The Kier molecular flexibility index (Phi) is 8.52. The van der Waals surface area contributed by atoms with Gasteiger partial charge in [0.1, 0.15) is 25.0 Å². The van der Waals surface area contributed by atoms with Gasteiger partial charge in [-0.15, -0.1) is 5.10 Å². The zero-order valence-electron chi connectivity index (χ0n) is 23.1. The first-order valence-corrected chi connectivity index (χ1v) is 13.8. The summed E-state index contributed by atoms with van der Waals surface area (Å²) in [6.45, 7) is 1.15. The minimum atomic E-state index is -1.03. The van der Waals surface area contributed by atoms with Crippen LogP contribution in [-0.4, -0.2) is 65.1 Å². The summed E-state index contributed by atoms with van der Waals surface area (Å²) < 4.78 is 17.4.